The summed E-state index contributed by atoms with van der Waals surface area (Å²) in [6.45, 7) is 3.94. The molecule has 0 saturated heterocycles. The van der Waals surface area contributed by atoms with Gasteiger partial charge < -0.3 is 10.1 Å². The van der Waals surface area contributed by atoms with Crippen molar-refractivity contribution >= 4 is 11.6 Å². The predicted molar refractivity (Wildman–Crippen MR) is 74.3 cm³/mol. The van der Waals surface area contributed by atoms with Crippen molar-refractivity contribution in [1.29, 1.82) is 0 Å². The van der Waals surface area contributed by atoms with Crippen LogP contribution in [0.3, 0.4) is 0 Å². The van der Waals surface area contributed by atoms with Gasteiger partial charge in [0, 0.05) is 6.20 Å². The Morgan fingerprint density at radius 3 is 2.89 bits per heavy atom. The molecule has 0 aliphatic heterocycles. The van der Waals surface area contributed by atoms with Crippen LogP contribution in [0.4, 0.5) is 5.69 Å². The Bertz CT molecular complexity index is 567. The van der Waals surface area contributed by atoms with Crippen LogP contribution in [0, 0.1) is 0 Å². The van der Waals surface area contributed by atoms with Gasteiger partial charge in [-0.05, 0) is 24.3 Å². The van der Waals surface area contributed by atoms with Gasteiger partial charge in [-0.3, -0.25) is 9.78 Å². The highest BCUT2D eigenvalue weighted by atomic mass is 16.5. The molecule has 1 aromatic carbocycles. The number of ether oxygens (including phenoxy) is 1. The van der Waals surface area contributed by atoms with Gasteiger partial charge in [-0.1, -0.05) is 24.8 Å². The molecule has 2 aromatic rings. The Labute approximate surface area is 111 Å². The number of hydrogen-bond donors (Lipinski definition) is 1. The number of anilines is 1. The molecule has 2 rings (SSSR count). The highest BCUT2D eigenvalue weighted by Crippen LogP contribution is 2.19. The van der Waals surface area contributed by atoms with Crippen molar-refractivity contribution in [1.82, 2.24) is 4.98 Å². The average molecular weight is 254 g/mol. The number of pyridine rings is 1. The molecule has 0 aliphatic rings. The number of nitrogens with one attached hydrogen (secondary N) is 1. The van der Waals surface area contributed by atoms with E-state index in [2.05, 4.69) is 16.9 Å². The Morgan fingerprint density at radius 1 is 1.32 bits per heavy atom. The van der Waals surface area contributed by atoms with E-state index in [0.717, 1.165) is 0 Å². The number of benzene rings is 1. The van der Waals surface area contributed by atoms with E-state index in [4.69, 9.17) is 4.74 Å². The Morgan fingerprint density at radius 2 is 2.16 bits per heavy atom. The number of carbonyl (C=O) groups excluding carboxylic acids is 1. The average Bonchev–Trinajstić information content (AvgIpc) is 2.46. The first kappa shape index (κ1) is 12.8. The second-order valence-electron chi connectivity index (χ2n) is 3.79. The molecule has 0 fully saturated rings. The summed E-state index contributed by atoms with van der Waals surface area (Å²) in [5, 5.41) is 2.77. The first-order chi connectivity index (χ1) is 9.31. The fraction of sp³-hybridized carbons (Fsp3) is 0.0667. The number of aromatic nitrogens is 1. The van der Waals surface area contributed by atoms with Crippen LogP contribution < -0.4 is 10.1 Å². The van der Waals surface area contributed by atoms with Gasteiger partial charge in [-0.2, -0.15) is 0 Å². The molecule has 1 N–H and O–H groups in total. The highest BCUT2D eigenvalue weighted by molar-refractivity contribution is 6.06. The van der Waals surface area contributed by atoms with E-state index in [-0.39, 0.29) is 5.91 Å². The van der Waals surface area contributed by atoms with Crippen molar-refractivity contribution in [3.8, 4) is 5.75 Å². The van der Waals surface area contributed by atoms with Crippen LogP contribution in [0.15, 0.2) is 61.4 Å². The molecule has 19 heavy (non-hydrogen) atoms. The van der Waals surface area contributed by atoms with Crippen LogP contribution in [-0.2, 0) is 0 Å². The maximum atomic E-state index is 12.2. The molecule has 0 unspecified atom stereocenters. The summed E-state index contributed by atoms with van der Waals surface area (Å²) in [4.78, 5) is 16.1. The molecular formula is C15H14N2O2. The minimum Gasteiger partial charge on any atom is -0.489 e. The van der Waals surface area contributed by atoms with E-state index >= 15 is 0 Å². The molecule has 4 nitrogen and oxygen atoms in total. The van der Waals surface area contributed by atoms with Crippen molar-refractivity contribution in [2.45, 2.75) is 0 Å². The largest absolute Gasteiger partial charge is 0.489 e. The fourth-order valence-electron chi connectivity index (χ4n) is 1.56. The number of para-hydroxylation sites is 1. The smallest absolute Gasteiger partial charge is 0.259 e. The van der Waals surface area contributed by atoms with Crippen molar-refractivity contribution in [3.05, 3.63) is 67.0 Å². The molecule has 4 heteroatoms. The normalized spacial score (nSPS) is 9.68. The number of amides is 1. The van der Waals surface area contributed by atoms with Gasteiger partial charge in [0.2, 0.25) is 0 Å². The van der Waals surface area contributed by atoms with Gasteiger partial charge in [0.1, 0.15) is 12.4 Å². The van der Waals surface area contributed by atoms with Crippen molar-refractivity contribution in [3.63, 3.8) is 0 Å². The van der Waals surface area contributed by atoms with E-state index in [1.807, 2.05) is 6.07 Å². The molecule has 0 aliphatic carbocycles. The van der Waals surface area contributed by atoms with E-state index in [1.165, 1.54) is 0 Å². The highest BCUT2D eigenvalue weighted by Gasteiger charge is 2.11. The zero-order valence-electron chi connectivity index (χ0n) is 10.4. The van der Waals surface area contributed by atoms with Crippen LogP contribution in [0.1, 0.15) is 10.4 Å². The molecule has 1 amide bonds. The van der Waals surface area contributed by atoms with Gasteiger partial charge in [0.05, 0.1) is 17.4 Å². The van der Waals surface area contributed by atoms with E-state index in [9.17, 15) is 4.79 Å². The van der Waals surface area contributed by atoms with Gasteiger partial charge in [0.25, 0.3) is 5.91 Å². The molecule has 1 heterocycles. The third-order valence-electron chi connectivity index (χ3n) is 2.41. The van der Waals surface area contributed by atoms with Crippen LogP contribution in [0.2, 0.25) is 0 Å². The first-order valence-electron chi connectivity index (χ1n) is 5.85. The summed E-state index contributed by atoms with van der Waals surface area (Å²) in [6.07, 6.45) is 4.87. The minimum absolute atomic E-state index is 0.229. The lowest BCUT2D eigenvalue weighted by Gasteiger charge is -2.10. The summed E-state index contributed by atoms with van der Waals surface area (Å²) >= 11 is 0. The lowest BCUT2D eigenvalue weighted by molar-refractivity contribution is 0.102. The van der Waals surface area contributed by atoms with Crippen LogP contribution in [0.25, 0.3) is 0 Å². The first-order valence-corrected chi connectivity index (χ1v) is 5.85. The summed E-state index contributed by atoms with van der Waals surface area (Å²) < 4.78 is 5.45. The second kappa shape index (κ2) is 6.35. The summed E-state index contributed by atoms with van der Waals surface area (Å²) in [5.74, 6) is 0.302. The van der Waals surface area contributed by atoms with E-state index in [0.29, 0.717) is 23.6 Å². The van der Waals surface area contributed by atoms with Crippen LogP contribution in [0.5, 0.6) is 5.75 Å². The summed E-state index contributed by atoms with van der Waals surface area (Å²) in [7, 11) is 0. The number of hydrogen-bond acceptors (Lipinski definition) is 3. The lowest BCUT2D eigenvalue weighted by Crippen LogP contribution is -2.13. The standard InChI is InChI=1S/C15H14N2O2/c1-2-10-19-14-8-4-3-7-13(14)15(18)17-12-6-5-9-16-11-12/h2-9,11H,1,10H2,(H,17,18). The van der Waals surface area contributed by atoms with Gasteiger partial charge in [-0.15, -0.1) is 0 Å². The van der Waals surface area contributed by atoms with Gasteiger partial charge >= 0.3 is 0 Å². The zero-order valence-corrected chi connectivity index (χ0v) is 10.4. The Hall–Kier alpha value is -2.62. The van der Waals surface area contributed by atoms with Crippen molar-refractivity contribution < 1.29 is 9.53 Å². The zero-order chi connectivity index (χ0) is 13.5. The molecular weight excluding hydrogens is 240 g/mol. The number of nitrogens with zero attached hydrogens (tertiary/aromatic N) is 1. The van der Waals surface area contributed by atoms with Crippen molar-refractivity contribution in [2.75, 3.05) is 11.9 Å². The molecule has 0 radical (unpaired) electrons. The minimum atomic E-state index is -0.229. The van der Waals surface area contributed by atoms with Gasteiger partial charge in [0.15, 0.2) is 0 Å². The molecule has 96 valence electrons. The van der Waals surface area contributed by atoms with Crippen molar-refractivity contribution in [2.24, 2.45) is 0 Å². The SMILES string of the molecule is C=CCOc1ccccc1C(=O)Nc1cccnc1. The monoisotopic (exact) mass is 254 g/mol. The number of carbonyl (C=O) groups is 1. The third-order valence-corrected chi connectivity index (χ3v) is 2.41. The summed E-state index contributed by atoms with van der Waals surface area (Å²) in [5.41, 5.74) is 1.12. The summed E-state index contributed by atoms with van der Waals surface area (Å²) in [6, 6.07) is 10.6. The maximum Gasteiger partial charge on any atom is 0.259 e. The van der Waals surface area contributed by atoms with E-state index < -0.39 is 0 Å². The molecule has 0 saturated carbocycles. The number of rotatable bonds is 5. The molecule has 1 aromatic heterocycles. The molecule has 0 spiro atoms. The predicted octanol–water partition coefficient (Wildman–Crippen LogP) is 2.90. The van der Waals surface area contributed by atoms with Crippen LogP contribution in [-0.4, -0.2) is 17.5 Å². The second-order valence-corrected chi connectivity index (χ2v) is 3.79. The molecule has 0 bridgehead atoms. The fourth-order valence-corrected chi connectivity index (χ4v) is 1.56. The Kier molecular flexibility index (Phi) is 4.29. The topological polar surface area (TPSA) is 51.2 Å². The maximum absolute atomic E-state index is 12.2. The molecule has 0 atom stereocenters. The lowest BCUT2D eigenvalue weighted by atomic mass is 10.2. The Balaban J connectivity index is 2.16. The van der Waals surface area contributed by atoms with Gasteiger partial charge in [-0.25, -0.2) is 0 Å². The van der Waals surface area contributed by atoms with Crippen LogP contribution >= 0.6 is 0 Å². The third kappa shape index (κ3) is 3.42. The quantitative estimate of drug-likeness (QED) is 0.835. The van der Waals surface area contributed by atoms with E-state index in [1.54, 1.807) is 48.8 Å².